The van der Waals surface area contributed by atoms with Gasteiger partial charge < -0.3 is 5.32 Å². The van der Waals surface area contributed by atoms with Gasteiger partial charge in [0, 0.05) is 6.54 Å². The van der Waals surface area contributed by atoms with Gasteiger partial charge in [-0.1, -0.05) is 60.7 Å². The molecule has 2 N–H and O–H groups in total. The molecule has 0 aliphatic carbocycles. The van der Waals surface area contributed by atoms with Crippen LogP contribution in [0.2, 0.25) is 0 Å². The van der Waals surface area contributed by atoms with Crippen molar-refractivity contribution in [1.29, 1.82) is 0 Å². The molecule has 0 heterocycles. The number of rotatable bonds is 7. The standard InChI is InChI=1S/C20H20N2O3S/c23-20(21-13-12-16-6-2-1-3-7-16)15-22-26(24,25)19-11-10-17-8-4-5-9-18(17)14-19/h1-11,14,22H,12-13,15H2,(H,21,23). The largest absolute Gasteiger partial charge is 0.355 e. The minimum Gasteiger partial charge on any atom is -0.355 e. The average molecular weight is 368 g/mol. The molecule has 0 radical (unpaired) electrons. The average Bonchev–Trinajstić information content (AvgIpc) is 2.67. The van der Waals surface area contributed by atoms with Crippen LogP contribution in [-0.2, 0) is 21.2 Å². The number of benzene rings is 3. The van der Waals surface area contributed by atoms with Gasteiger partial charge in [0.15, 0.2) is 0 Å². The smallest absolute Gasteiger partial charge is 0.241 e. The van der Waals surface area contributed by atoms with Gasteiger partial charge in [-0.25, -0.2) is 13.1 Å². The van der Waals surface area contributed by atoms with E-state index in [0.717, 1.165) is 16.3 Å². The van der Waals surface area contributed by atoms with Gasteiger partial charge in [0.1, 0.15) is 0 Å². The summed E-state index contributed by atoms with van der Waals surface area (Å²) < 4.78 is 27.1. The summed E-state index contributed by atoms with van der Waals surface area (Å²) in [6.07, 6.45) is 0.698. The van der Waals surface area contributed by atoms with Crippen LogP contribution in [0.15, 0.2) is 77.7 Å². The molecule has 0 fully saturated rings. The van der Waals surface area contributed by atoms with Crippen LogP contribution >= 0.6 is 0 Å². The van der Waals surface area contributed by atoms with Gasteiger partial charge >= 0.3 is 0 Å². The highest BCUT2D eigenvalue weighted by Crippen LogP contribution is 2.18. The first-order valence-corrected chi connectivity index (χ1v) is 9.82. The second-order valence-corrected chi connectivity index (χ2v) is 7.69. The Kier molecular flexibility index (Phi) is 5.65. The molecule has 0 bridgehead atoms. The summed E-state index contributed by atoms with van der Waals surface area (Å²) in [6.45, 7) is 0.171. The fourth-order valence-electron chi connectivity index (χ4n) is 2.63. The number of hydrogen-bond acceptors (Lipinski definition) is 3. The van der Waals surface area contributed by atoms with Crippen molar-refractivity contribution in [1.82, 2.24) is 10.0 Å². The summed E-state index contributed by atoms with van der Waals surface area (Å²) in [5, 5.41) is 4.52. The van der Waals surface area contributed by atoms with Crippen LogP contribution < -0.4 is 10.0 Å². The van der Waals surface area contributed by atoms with E-state index in [2.05, 4.69) is 10.0 Å². The normalized spacial score (nSPS) is 11.4. The molecule has 0 saturated carbocycles. The molecule has 134 valence electrons. The second kappa shape index (κ2) is 8.12. The maximum Gasteiger partial charge on any atom is 0.241 e. The topological polar surface area (TPSA) is 75.3 Å². The molecule has 3 aromatic rings. The number of fused-ring (bicyclic) bond motifs is 1. The third-order valence-electron chi connectivity index (χ3n) is 4.03. The molecule has 0 atom stereocenters. The fraction of sp³-hybridized carbons (Fsp3) is 0.150. The third kappa shape index (κ3) is 4.68. The molecule has 3 rings (SSSR count). The van der Waals surface area contributed by atoms with E-state index in [1.165, 1.54) is 6.07 Å². The zero-order chi connectivity index (χ0) is 18.4. The monoisotopic (exact) mass is 368 g/mol. The van der Waals surface area contributed by atoms with Gasteiger partial charge in [-0.2, -0.15) is 0 Å². The Morgan fingerprint density at radius 3 is 2.31 bits per heavy atom. The number of sulfonamides is 1. The highest BCUT2D eigenvalue weighted by Gasteiger charge is 2.15. The minimum atomic E-state index is -3.73. The molecule has 1 amide bonds. The predicted octanol–water partition coefficient (Wildman–Crippen LogP) is 2.48. The lowest BCUT2D eigenvalue weighted by atomic mass is 10.1. The molecule has 5 nitrogen and oxygen atoms in total. The van der Waals surface area contributed by atoms with Crippen molar-refractivity contribution in [2.75, 3.05) is 13.1 Å². The third-order valence-corrected chi connectivity index (χ3v) is 5.43. The molecule has 3 aromatic carbocycles. The lowest BCUT2D eigenvalue weighted by Crippen LogP contribution is -2.37. The van der Waals surface area contributed by atoms with Crippen molar-refractivity contribution in [3.63, 3.8) is 0 Å². The van der Waals surface area contributed by atoms with Gasteiger partial charge in [0.2, 0.25) is 15.9 Å². The maximum atomic E-state index is 12.4. The van der Waals surface area contributed by atoms with E-state index in [1.54, 1.807) is 12.1 Å². The summed E-state index contributed by atoms with van der Waals surface area (Å²) in [5.41, 5.74) is 1.12. The van der Waals surface area contributed by atoms with Crippen molar-refractivity contribution in [3.8, 4) is 0 Å². The molecular weight excluding hydrogens is 348 g/mol. The van der Waals surface area contributed by atoms with Crippen LogP contribution in [0.5, 0.6) is 0 Å². The van der Waals surface area contributed by atoms with Crippen molar-refractivity contribution in [3.05, 3.63) is 78.4 Å². The molecule has 0 aliphatic heterocycles. The number of hydrogen-bond donors (Lipinski definition) is 2. The summed E-state index contributed by atoms with van der Waals surface area (Å²) in [4.78, 5) is 12.0. The van der Waals surface area contributed by atoms with Crippen molar-refractivity contribution in [2.24, 2.45) is 0 Å². The first-order valence-electron chi connectivity index (χ1n) is 8.34. The number of nitrogens with one attached hydrogen (secondary N) is 2. The Morgan fingerprint density at radius 2 is 1.54 bits per heavy atom. The van der Waals surface area contributed by atoms with Gasteiger partial charge in [0.25, 0.3) is 0 Å². The molecule has 0 unspecified atom stereocenters. The van der Waals surface area contributed by atoms with Crippen molar-refractivity contribution in [2.45, 2.75) is 11.3 Å². The van der Waals surface area contributed by atoms with Gasteiger partial charge in [-0.15, -0.1) is 0 Å². The molecule has 26 heavy (non-hydrogen) atoms. The Morgan fingerprint density at radius 1 is 0.846 bits per heavy atom. The number of carbonyl (C=O) groups excluding carboxylic acids is 1. The molecular formula is C20H20N2O3S. The lowest BCUT2D eigenvalue weighted by molar-refractivity contribution is -0.119. The quantitative estimate of drug-likeness (QED) is 0.673. The Bertz CT molecular complexity index is 1000. The van der Waals surface area contributed by atoms with Crippen LogP contribution in [0.1, 0.15) is 5.56 Å². The zero-order valence-corrected chi connectivity index (χ0v) is 15.0. The van der Waals surface area contributed by atoms with E-state index < -0.39 is 10.0 Å². The van der Waals surface area contributed by atoms with Crippen LogP contribution in [0.25, 0.3) is 10.8 Å². The first kappa shape index (κ1) is 18.1. The summed E-state index contributed by atoms with van der Waals surface area (Å²) in [6, 6.07) is 22.2. The molecule has 0 spiro atoms. The lowest BCUT2D eigenvalue weighted by Gasteiger charge is -2.09. The summed E-state index contributed by atoms with van der Waals surface area (Å²) in [5.74, 6) is -0.356. The van der Waals surface area contributed by atoms with Crippen molar-refractivity contribution >= 4 is 26.7 Å². The van der Waals surface area contributed by atoms with E-state index in [4.69, 9.17) is 0 Å². The van der Waals surface area contributed by atoms with E-state index in [1.807, 2.05) is 54.6 Å². The van der Waals surface area contributed by atoms with E-state index in [9.17, 15) is 13.2 Å². The molecule has 6 heteroatoms. The number of amides is 1. The van der Waals surface area contributed by atoms with Crippen LogP contribution in [-0.4, -0.2) is 27.4 Å². The Hall–Kier alpha value is -2.70. The Labute approximate surface area is 153 Å². The predicted molar refractivity (Wildman–Crippen MR) is 102 cm³/mol. The number of carbonyl (C=O) groups is 1. The summed E-state index contributed by atoms with van der Waals surface area (Å²) >= 11 is 0. The second-order valence-electron chi connectivity index (χ2n) is 5.92. The van der Waals surface area contributed by atoms with Crippen LogP contribution in [0.3, 0.4) is 0 Å². The minimum absolute atomic E-state index is 0.147. The highest BCUT2D eigenvalue weighted by atomic mass is 32.2. The van der Waals surface area contributed by atoms with Crippen LogP contribution in [0, 0.1) is 0 Å². The van der Waals surface area contributed by atoms with E-state index in [-0.39, 0.29) is 17.3 Å². The van der Waals surface area contributed by atoms with Crippen LogP contribution in [0.4, 0.5) is 0 Å². The zero-order valence-electron chi connectivity index (χ0n) is 14.2. The molecule has 0 saturated heterocycles. The van der Waals surface area contributed by atoms with E-state index in [0.29, 0.717) is 13.0 Å². The maximum absolute atomic E-state index is 12.4. The first-order chi connectivity index (χ1) is 12.5. The SMILES string of the molecule is O=C(CNS(=O)(=O)c1ccc2ccccc2c1)NCCc1ccccc1. The fourth-order valence-corrected chi connectivity index (χ4v) is 3.65. The van der Waals surface area contributed by atoms with Crippen molar-refractivity contribution < 1.29 is 13.2 Å². The Balaban J connectivity index is 1.54. The molecule has 0 aliphatic rings. The van der Waals surface area contributed by atoms with Gasteiger partial charge in [-0.3, -0.25) is 4.79 Å². The summed E-state index contributed by atoms with van der Waals surface area (Å²) in [7, 11) is -3.73. The van der Waals surface area contributed by atoms with E-state index >= 15 is 0 Å². The van der Waals surface area contributed by atoms with Gasteiger partial charge in [-0.05, 0) is 34.9 Å². The van der Waals surface area contributed by atoms with Gasteiger partial charge in [0.05, 0.1) is 11.4 Å². The highest BCUT2D eigenvalue weighted by molar-refractivity contribution is 7.89. The molecule has 0 aromatic heterocycles.